The molecule has 1 N–H and O–H groups in total. The van der Waals surface area contributed by atoms with Crippen LogP contribution >= 0.6 is 0 Å². The molecule has 1 aromatic rings. The zero-order valence-electron chi connectivity index (χ0n) is 13.7. The molecule has 4 nitrogen and oxygen atoms in total. The average molecular weight is 345 g/mol. The summed E-state index contributed by atoms with van der Waals surface area (Å²) in [5.41, 5.74) is 0.160. The Kier molecular flexibility index (Phi) is 5.87. The van der Waals surface area contributed by atoms with Gasteiger partial charge in [-0.05, 0) is 56.5 Å². The summed E-state index contributed by atoms with van der Waals surface area (Å²) in [7, 11) is 1.24. The van der Waals surface area contributed by atoms with Crippen molar-refractivity contribution in [3.63, 3.8) is 0 Å². The maximum atomic E-state index is 12.6. The Morgan fingerprint density at radius 3 is 2.25 bits per heavy atom. The number of ether oxygens (including phenoxy) is 1. The molecule has 0 amide bonds. The van der Waals surface area contributed by atoms with Crippen LogP contribution in [-0.4, -0.2) is 42.3 Å². The number of aliphatic hydroxyl groups is 1. The maximum Gasteiger partial charge on any atom is 0.416 e. The number of methoxy groups -OCH3 is 1. The van der Waals surface area contributed by atoms with Crippen LogP contribution in [0.15, 0.2) is 24.3 Å². The van der Waals surface area contributed by atoms with Crippen molar-refractivity contribution in [2.24, 2.45) is 5.92 Å². The number of carbonyl (C=O) groups excluding carboxylic acids is 1. The van der Waals surface area contributed by atoms with Crippen molar-refractivity contribution in [1.29, 1.82) is 0 Å². The molecule has 0 bridgehead atoms. The lowest BCUT2D eigenvalue weighted by atomic mass is 9.90. The normalized spacial score (nSPS) is 19.8. The minimum absolute atomic E-state index is 0.0245. The highest BCUT2D eigenvalue weighted by atomic mass is 19.4. The van der Waals surface area contributed by atoms with E-state index >= 15 is 0 Å². The first-order valence-corrected chi connectivity index (χ1v) is 7.91. The van der Waals surface area contributed by atoms with Crippen LogP contribution in [0.1, 0.15) is 36.9 Å². The van der Waals surface area contributed by atoms with E-state index in [2.05, 4.69) is 9.64 Å². The number of benzene rings is 1. The van der Waals surface area contributed by atoms with Crippen molar-refractivity contribution >= 4 is 5.97 Å². The van der Waals surface area contributed by atoms with Crippen LogP contribution in [0.4, 0.5) is 13.2 Å². The highest BCUT2D eigenvalue weighted by Gasteiger charge is 2.33. The molecule has 0 radical (unpaired) electrons. The first-order valence-electron chi connectivity index (χ1n) is 7.91. The van der Waals surface area contributed by atoms with Gasteiger partial charge in [0.15, 0.2) is 6.10 Å². The zero-order valence-corrected chi connectivity index (χ0v) is 13.7. The average Bonchev–Trinajstić information content (AvgIpc) is 2.59. The summed E-state index contributed by atoms with van der Waals surface area (Å²) in [4.78, 5) is 13.5. The lowest BCUT2D eigenvalue weighted by Crippen LogP contribution is -2.41. The molecule has 2 unspecified atom stereocenters. The molecular weight excluding hydrogens is 323 g/mol. The third-order valence-corrected chi connectivity index (χ3v) is 4.73. The fourth-order valence-electron chi connectivity index (χ4n) is 3.10. The zero-order chi connectivity index (χ0) is 17.9. The van der Waals surface area contributed by atoms with Gasteiger partial charge in [-0.3, -0.25) is 4.90 Å². The monoisotopic (exact) mass is 345 g/mol. The Morgan fingerprint density at radius 1 is 1.25 bits per heavy atom. The Bertz CT molecular complexity index is 551. The molecule has 0 aromatic heterocycles. The largest absolute Gasteiger partial charge is 0.467 e. The quantitative estimate of drug-likeness (QED) is 0.853. The van der Waals surface area contributed by atoms with E-state index in [1.54, 1.807) is 0 Å². The van der Waals surface area contributed by atoms with Gasteiger partial charge in [0.1, 0.15) is 0 Å². The summed E-state index contributed by atoms with van der Waals surface area (Å²) >= 11 is 0. The fourth-order valence-corrected chi connectivity index (χ4v) is 3.10. The molecular formula is C17H22F3NO3. The molecule has 1 aliphatic heterocycles. The summed E-state index contributed by atoms with van der Waals surface area (Å²) in [6, 6.07) is 5.17. The van der Waals surface area contributed by atoms with Gasteiger partial charge in [-0.25, -0.2) is 4.79 Å². The third kappa shape index (κ3) is 4.27. The third-order valence-electron chi connectivity index (χ3n) is 4.73. The van der Waals surface area contributed by atoms with Gasteiger partial charge in [-0.1, -0.05) is 12.1 Å². The van der Waals surface area contributed by atoms with Crippen LogP contribution in [0.25, 0.3) is 0 Å². The van der Waals surface area contributed by atoms with Gasteiger partial charge in [-0.2, -0.15) is 13.2 Å². The van der Waals surface area contributed by atoms with E-state index in [9.17, 15) is 23.1 Å². The van der Waals surface area contributed by atoms with Gasteiger partial charge in [0.25, 0.3) is 0 Å². The van der Waals surface area contributed by atoms with E-state index < -0.39 is 23.8 Å². The standard InChI is InChI=1S/C17H22F3NO3/c1-11(12-3-5-14(6-4-12)17(18,19)20)21-9-7-13(8-10-21)15(22)16(23)24-2/h3-6,11,13,15,22H,7-10H2,1-2H3. The molecule has 0 aliphatic carbocycles. The van der Waals surface area contributed by atoms with Crippen molar-refractivity contribution < 1.29 is 27.8 Å². The van der Waals surface area contributed by atoms with Crippen molar-refractivity contribution in [3.05, 3.63) is 35.4 Å². The maximum absolute atomic E-state index is 12.6. The van der Waals surface area contributed by atoms with E-state index in [1.165, 1.54) is 19.2 Å². The smallest absolute Gasteiger partial charge is 0.416 e. The Labute approximate surface area is 139 Å². The van der Waals surface area contributed by atoms with E-state index in [-0.39, 0.29) is 12.0 Å². The number of rotatable bonds is 4. The highest BCUT2D eigenvalue weighted by Crippen LogP contribution is 2.32. The Hall–Kier alpha value is -1.60. The second-order valence-corrected chi connectivity index (χ2v) is 6.14. The molecule has 1 fully saturated rings. The van der Waals surface area contributed by atoms with Crippen molar-refractivity contribution in [1.82, 2.24) is 4.90 Å². The first kappa shape index (κ1) is 18.7. The van der Waals surface area contributed by atoms with Crippen LogP contribution in [0.3, 0.4) is 0 Å². The van der Waals surface area contributed by atoms with Crippen LogP contribution in [0, 0.1) is 5.92 Å². The summed E-state index contributed by atoms with van der Waals surface area (Å²) in [5, 5.41) is 9.89. The van der Waals surface area contributed by atoms with Gasteiger partial charge in [0.05, 0.1) is 12.7 Å². The molecule has 2 rings (SSSR count). The second kappa shape index (κ2) is 7.53. The van der Waals surface area contributed by atoms with Crippen LogP contribution in [-0.2, 0) is 15.7 Å². The molecule has 134 valence electrons. The fraction of sp³-hybridized carbons (Fsp3) is 0.588. The van der Waals surface area contributed by atoms with Crippen LogP contribution in [0.2, 0.25) is 0 Å². The molecule has 24 heavy (non-hydrogen) atoms. The van der Waals surface area contributed by atoms with E-state index in [0.29, 0.717) is 25.9 Å². The van der Waals surface area contributed by atoms with E-state index in [4.69, 9.17) is 0 Å². The molecule has 2 atom stereocenters. The van der Waals surface area contributed by atoms with Gasteiger partial charge < -0.3 is 9.84 Å². The minimum Gasteiger partial charge on any atom is -0.467 e. The van der Waals surface area contributed by atoms with Gasteiger partial charge in [-0.15, -0.1) is 0 Å². The molecule has 7 heteroatoms. The molecule has 1 aromatic carbocycles. The SMILES string of the molecule is COC(=O)C(O)C1CCN(C(C)c2ccc(C(F)(F)F)cc2)CC1. The lowest BCUT2D eigenvalue weighted by molar-refractivity contribution is -0.154. The number of hydrogen-bond acceptors (Lipinski definition) is 4. The lowest BCUT2D eigenvalue weighted by Gasteiger charge is -2.37. The summed E-state index contributed by atoms with van der Waals surface area (Å²) in [6.45, 7) is 3.28. The van der Waals surface area contributed by atoms with Crippen LogP contribution < -0.4 is 0 Å². The number of carbonyl (C=O) groups is 1. The van der Waals surface area contributed by atoms with E-state index in [1.807, 2.05) is 6.92 Å². The van der Waals surface area contributed by atoms with Crippen molar-refractivity contribution in [3.8, 4) is 0 Å². The summed E-state index contributed by atoms with van der Waals surface area (Å²) in [6.07, 6.45) is -4.16. The number of aliphatic hydroxyl groups excluding tert-OH is 1. The number of esters is 1. The number of likely N-dealkylation sites (tertiary alicyclic amines) is 1. The number of hydrogen-bond donors (Lipinski definition) is 1. The molecule has 1 heterocycles. The molecule has 1 aliphatic rings. The van der Waals surface area contributed by atoms with Crippen molar-refractivity contribution in [2.45, 2.75) is 38.1 Å². The van der Waals surface area contributed by atoms with Gasteiger partial charge in [0.2, 0.25) is 0 Å². The Morgan fingerprint density at radius 2 is 1.79 bits per heavy atom. The van der Waals surface area contributed by atoms with Gasteiger partial charge >= 0.3 is 12.1 Å². The highest BCUT2D eigenvalue weighted by molar-refractivity contribution is 5.74. The number of alkyl halides is 3. The Balaban J connectivity index is 1.95. The molecule has 1 saturated heterocycles. The summed E-state index contributed by atoms with van der Waals surface area (Å²) in [5.74, 6) is -0.766. The molecule has 0 saturated carbocycles. The topological polar surface area (TPSA) is 49.8 Å². The number of halogens is 3. The van der Waals surface area contributed by atoms with E-state index in [0.717, 1.165) is 17.7 Å². The number of piperidine rings is 1. The molecule has 0 spiro atoms. The predicted octanol–water partition coefficient (Wildman–Crippen LogP) is 3.01. The number of nitrogens with zero attached hydrogens (tertiary/aromatic N) is 1. The van der Waals surface area contributed by atoms with Crippen molar-refractivity contribution in [2.75, 3.05) is 20.2 Å². The first-order chi connectivity index (χ1) is 11.2. The van der Waals surface area contributed by atoms with Gasteiger partial charge in [0, 0.05) is 6.04 Å². The minimum atomic E-state index is -4.33. The second-order valence-electron chi connectivity index (χ2n) is 6.14. The predicted molar refractivity (Wildman–Crippen MR) is 82.2 cm³/mol. The summed E-state index contributed by atoms with van der Waals surface area (Å²) < 4.78 is 42.4. The van der Waals surface area contributed by atoms with Crippen LogP contribution in [0.5, 0.6) is 0 Å².